The number of carboxylic acids is 1. The van der Waals surface area contributed by atoms with Gasteiger partial charge in [0, 0.05) is 34.7 Å². The predicted molar refractivity (Wildman–Crippen MR) is 189 cm³/mol. The van der Waals surface area contributed by atoms with Crippen molar-refractivity contribution >= 4 is 52.6 Å². The van der Waals surface area contributed by atoms with Gasteiger partial charge in [-0.2, -0.15) is 4.68 Å². The summed E-state index contributed by atoms with van der Waals surface area (Å²) in [5, 5.41) is 31.3. The van der Waals surface area contributed by atoms with Gasteiger partial charge in [0.25, 0.3) is 5.91 Å². The van der Waals surface area contributed by atoms with Gasteiger partial charge in [0.2, 0.25) is 5.91 Å². The molecule has 0 fully saturated rings. The molecule has 4 aromatic carbocycles. The largest absolute Gasteiger partial charge is 0.478 e. The van der Waals surface area contributed by atoms with Gasteiger partial charge in [-0.25, -0.2) is 4.79 Å². The van der Waals surface area contributed by atoms with E-state index in [-0.39, 0.29) is 35.1 Å². The highest BCUT2D eigenvalue weighted by Crippen LogP contribution is 2.25. The Morgan fingerprint density at radius 2 is 1.55 bits per heavy atom. The lowest BCUT2D eigenvalue weighted by atomic mass is 9.84. The second-order valence-electron chi connectivity index (χ2n) is 12.1. The van der Waals surface area contributed by atoms with Gasteiger partial charge in [-0.1, -0.05) is 67.9 Å². The summed E-state index contributed by atoms with van der Waals surface area (Å²) in [6.07, 6.45) is 1.30. The van der Waals surface area contributed by atoms with Crippen molar-refractivity contribution < 1.29 is 29.1 Å². The lowest BCUT2D eigenvalue weighted by molar-refractivity contribution is -0.138. The standard InChI is InChI=1S/C36H33ClN8O6/c1-36(2,25-12-10-24(11-13-25)35(50)51)20-38-32(47)29(18-22-8-15-27(16-9-22)40-31(46)23-6-4-3-5-7-23)42-34(49)33(48)41-28-19-26(37)14-17-30(28)45-21-39-43-44-45/h3-17,19,21,29H,18,20H2,1-2H3,(H,38,47)(H,40,46)(H,41,48)(H,42,49)(H,50,51)/t29-/m0/s1. The van der Waals surface area contributed by atoms with Crippen LogP contribution in [0.15, 0.2) is 103 Å². The third-order valence-corrected chi connectivity index (χ3v) is 8.17. The molecular weight excluding hydrogens is 676 g/mol. The monoisotopic (exact) mass is 708 g/mol. The number of nitrogens with one attached hydrogen (secondary N) is 4. The van der Waals surface area contributed by atoms with Crippen LogP contribution in [0.1, 0.15) is 45.7 Å². The van der Waals surface area contributed by atoms with Crippen LogP contribution in [0.25, 0.3) is 5.69 Å². The van der Waals surface area contributed by atoms with Gasteiger partial charge in [-0.05, 0) is 76.2 Å². The molecule has 0 radical (unpaired) electrons. The van der Waals surface area contributed by atoms with E-state index in [1.165, 1.54) is 29.2 Å². The number of nitrogens with zero attached hydrogens (tertiary/aromatic N) is 4. The van der Waals surface area contributed by atoms with E-state index in [9.17, 15) is 29.1 Å². The average molecular weight is 709 g/mol. The Balaban J connectivity index is 1.31. The van der Waals surface area contributed by atoms with E-state index in [4.69, 9.17) is 11.6 Å². The molecule has 1 aromatic heterocycles. The predicted octanol–water partition coefficient (Wildman–Crippen LogP) is 4.03. The molecule has 0 saturated heterocycles. The Labute approximate surface area is 297 Å². The molecule has 0 unspecified atom stereocenters. The number of carbonyl (C=O) groups excluding carboxylic acids is 4. The Morgan fingerprint density at radius 1 is 0.843 bits per heavy atom. The van der Waals surface area contributed by atoms with E-state index in [1.54, 1.807) is 72.8 Å². The van der Waals surface area contributed by atoms with E-state index in [1.807, 2.05) is 19.9 Å². The number of carboxylic acid groups (broad SMARTS) is 1. The number of anilines is 2. The molecule has 0 aliphatic carbocycles. The van der Waals surface area contributed by atoms with Gasteiger partial charge >= 0.3 is 17.8 Å². The van der Waals surface area contributed by atoms with Crippen LogP contribution in [0, 0.1) is 0 Å². The van der Waals surface area contributed by atoms with Crippen molar-refractivity contribution in [2.45, 2.75) is 31.7 Å². The van der Waals surface area contributed by atoms with Crippen molar-refractivity contribution in [2.75, 3.05) is 17.2 Å². The van der Waals surface area contributed by atoms with E-state index < -0.39 is 35.1 Å². The molecule has 1 atom stereocenters. The van der Waals surface area contributed by atoms with Gasteiger partial charge in [0.15, 0.2) is 0 Å². The topological polar surface area (TPSA) is 197 Å². The van der Waals surface area contributed by atoms with E-state index in [0.29, 0.717) is 22.5 Å². The normalized spacial score (nSPS) is 11.6. The zero-order chi connectivity index (χ0) is 36.5. The SMILES string of the molecule is CC(C)(CNC(=O)[C@H](Cc1ccc(NC(=O)c2ccccc2)cc1)NC(=O)C(=O)Nc1cc(Cl)ccc1-n1cnnn1)c1ccc(C(=O)O)cc1. The Kier molecular flexibility index (Phi) is 11.2. The third-order valence-electron chi connectivity index (χ3n) is 7.94. The molecule has 0 bridgehead atoms. The number of tetrazole rings is 1. The number of hydrogen-bond acceptors (Lipinski definition) is 8. The number of aromatic carboxylic acids is 1. The number of carbonyl (C=O) groups is 5. The molecule has 14 nitrogen and oxygen atoms in total. The fourth-order valence-electron chi connectivity index (χ4n) is 5.04. The minimum absolute atomic E-state index is 0.00145. The molecule has 1 heterocycles. The summed E-state index contributed by atoms with van der Waals surface area (Å²) in [6, 6.07) is 25.1. The summed E-state index contributed by atoms with van der Waals surface area (Å²) in [4.78, 5) is 64.0. The summed E-state index contributed by atoms with van der Waals surface area (Å²) >= 11 is 6.15. The number of rotatable bonds is 12. The van der Waals surface area contributed by atoms with Crippen LogP contribution in [0.2, 0.25) is 5.02 Å². The summed E-state index contributed by atoms with van der Waals surface area (Å²) in [5.74, 6) is -4.06. The molecule has 5 aromatic rings. The highest BCUT2D eigenvalue weighted by Gasteiger charge is 2.28. The number of benzene rings is 4. The second kappa shape index (κ2) is 15.9. The lowest BCUT2D eigenvalue weighted by Crippen LogP contribution is -2.52. The van der Waals surface area contributed by atoms with Gasteiger partial charge in [-0.15, -0.1) is 5.10 Å². The van der Waals surface area contributed by atoms with Gasteiger partial charge < -0.3 is 26.4 Å². The van der Waals surface area contributed by atoms with Crippen molar-refractivity contribution in [2.24, 2.45) is 0 Å². The smallest absolute Gasteiger partial charge is 0.335 e. The first-order valence-corrected chi connectivity index (χ1v) is 16.0. The molecular formula is C36H33ClN8O6. The van der Waals surface area contributed by atoms with Crippen LogP contribution in [0.4, 0.5) is 11.4 Å². The van der Waals surface area contributed by atoms with Crippen molar-refractivity contribution in [1.82, 2.24) is 30.8 Å². The van der Waals surface area contributed by atoms with Crippen molar-refractivity contribution in [1.29, 1.82) is 0 Å². The van der Waals surface area contributed by atoms with Crippen LogP contribution in [0.3, 0.4) is 0 Å². The Morgan fingerprint density at radius 3 is 2.20 bits per heavy atom. The molecule has 15 heteroatoms. The molecule has 260 valence electrons. The first kappa shape index (κ1) is 35.9. The Bertz CT molecular complexity index is 2040. The van der Waals surface area contributed by atoms with Crippen LogP contribution < -0.4 is 21.3 Å². The fourth-order valence-corrected chi connectivity index (χ4v) is 5.21. The first-order chi connectivity index (χ1) is 24.4. The molecule has 0 aliphatic heterocycles. The first-order valence-electron chi connectivity index (χ1n) is 15.6. The minimum atomic E-state index is -1.20. The van der Waals surface area contributed by atoms with E-state index in [0.717, 1.165) is 5.56 Å². The third kappa shape index (κ3) is 9.39. The molecule has 4 amide bonds. The zero-order valence-corrected chi connectivity index (χ0v) is 28.2. The fraction of sp³-hybridized carbons (Fsp3) is 0.167. The van der Waals surface area contributed by atoms with E-state index >= 15 is 0 Å². The van der Waals surface area contributed by atoms with Crippen molar-refractivity contribution in [3.8, 4) is 5.69 Å². The van der Waals surface area contributed by atoms with Crippen LogP contribution in [-0.4, -0.2) is 67.5 Å². The van der Waals surface area contributed by atoms with Gasteiger partial charge in [0.05, 0.1) is 16.9 Å². The molecule has 5 rings (SSSR count). The summed E-state index contributed by atoms with van der Waals surface area (Å²) < 4.78 is 1.28. The van der Waals surface area contributed by atoms with Crippen molar-refractivity contribution in [3.63, 3.8) is 0 Å². The number of aromatic nitrogens is 4. The zero-order valence-electron chi connectivity index (χ0n) is 27.5. The second-order valence-corrected chi connectivity index (χ2v) is 12.5. The number of hydrogen-bond donors (Lipinski definition) is 5. The molecule has 0 spiro atoms. The molecule has 0 aliphatic rings. The van der Waals surface area contributed by atoms with Crippen LogP contribution >= 0.6 is 11.6 Å². The molecule has 51 heavy (non-hydrogen) atoms. The number of halogens is 1. The summed E-state index contributed by atoms with van der Waals surface area (Å²) in [6.45, 7) is 3.87. The molecule has 0 saturated carbocycles. The van der Waals surface area contributed by atoms with E-state index in [2.05, 4.69) is 36.8 Å². The maximum absolute atomic E-state index is 13.7. The lowest BCUT2D eigenvalue weighted by Gasteiger charge is -2.27. The summed E-state index contributed by atoms with van der Waals surface area (Å²) in [7, 11) is 0. The van der Waals surface area contributed by atoms with Crippen LogP contribution in [-0.2, 0) is 26.2 Å². The quantitative estimate of drug-likeness (QED) is 0.119. The average Bonchev–Trinajstić information content (AvgIpc) is 3.66. The number of amides is 4. The maximum Gasteiger partial charge on any atom is 0.335 e. The summed E-state index contributed by atoms with van der Waals surface area (Å²) in [5.41, 5.74) is 2.42. The van der Waals surface area contributed by atoms with Crippen molar-refractivity contribution in [3.05, 3.63) is 131 Å². The minimum Gasteiger partial charge on any atom is -0.478 e. The highest BCUT2D eigenvalue weighted by molar-refractivity contribution is 6.40. The Hall–Kier alpha value is -6.41. The van der Waals surface area contributed by atoms with Gasteiger partial charge in [0.1, 0.15) is 12.4 Å². The molecule has 5 N–H and O–H groups in total. The maximum atomic E-state index is 13.7. The van der Waals surface area contributed by atoms with Gasteiger partial charge in [-0.3, -0.25) is 19.2 Å². The van der Waals surface area contributed by atoms with Crippen LogP contribution in [0.5, 0.6) is 0 Å². The highest BCUT2D eigenvalue weighted by atomic mass is 35.5.